The molecule has 0 amide bonds. The Hall–Kier alpha value is -1.71. The highest BCUT2D eigenvalue weighted by atomic mass is 32.2. The smallest absolute Gasteiger partial charge is 0.272 e. The molecule has 0 atom stereocenters. The van der Waals surface area contributed by atoms with Crippen molar-refractivity contribution in [3.63, 3.8) is 0 Å². The standard InChI is InChI=1S/C17H25N3O5S/c1-13-12-15(2-3-17(13)20(21)22)18-14-4-8-19(9-5-14)26(23,24)16-6-10-25-11-7-16/h2-3,12,14,16,18H,4-11H2,1H3. The van der Waals surface area contributed by atoms with Gasteiger partial charge in [-0.2, -0.15) is 0 Å². The summed E-state index contributed by atoms with van der Waals surface area (Å²) in [7, 11) is -3.25. The van der Waals surface area contributed by atoms with Crippen LogP contribution in [0.4, 0.5) is 11.4 Å². The summed E-state index contributed by atoms with van der Waals surface area (Å²) in [5.41, 5.74) is 1.55. The van der Waals surface area contributed by atoms with Gasteiger partial charge in [0.15, 0.2) is 0 Å². The lowest BCUT2D eigenvalue weighted by Crippen LogP contribution is -2.47. The maximum atomic E-state index is 12.7. The van der Waals surface area contributed by atoms with Crippen LogP contribution in [0.5, 0.6) is 0 Å². The van der Waals surface area contributed by atoms with Crippen LogP contribution < -0.4 is 5.32 Å². The molecule has 1 N–H and O–H groups in total. The van der Waals surface area contributed by atoms with E-state index in [1.165, 1.54) is 6.07 Å². The molecular formula is C17H25N3O5S. The van der Waals surface area contributed by atoms with Gasteiger partial charge in [0.25, 0.3) is 5.69 Å². The summed E-state index contributed by atoms with van der Waals surface area (Å²) in [4.78, 5) is 10.5. The van der Waals surface area contributed by atoms with Crippen molar-refractivity contribution in [2.45, 2.75) is 43.9 Å². The quantitative estimate of drug-likeness (QED) is 0.618. The van der Waals surface area contributed by atoms with Crippen LogP contribution in [0.25, 0.3) is 0 Å². The van der Waals surface area contributed by atoms with Gasteiger partial charge in [-0.05, 0) is 44.7 Å². The first-order chi connectivity index (χ1) is 12.4. The molecule has 2 fully saturated rings. The molecule has 26 heavy (non-hydrogen) atoms. The summed E-state index contributed by atoms with van der Waals surface area (Å²) in [6.07, 6.45) is 2.59. The minimum Gasteiger partial charge on any atom is -0.382 e. The molecule has 2 aliphatic heterocycles. The number of aryl methyl sites for hydroxylation is 1. The minimum atomic E-state index is -3.25. The van der Waals surface area contributed by atoms with Crippen LogP contribution in [0.15, 0.2) is 18.2 Å². The molecule has 2 aliphatic rings. The molecule has 144 valence electrons. The Kier molecular flexibility index (Phi) is 5.79. The van der Waals surface area contributed by atoms with Gasteiger partial charge in [-0.1, -0.05) is 0 Å². The van der Waals surface area contributed by atoms with Crippen LogP contribution >= 0.6 is 0 Å². The maximum absolute atomic E-state index is 12.7. The SMILES string of the molecule is Cc1cc(NC2CCN(S(=O)(=O)C3CCOCC3)CC2)ccc1[N+](=O)[O-]. The first-order valence-electron chi connectivity index (χ1n) is 8.96. The zero-order valence-corrected chi connectivity index (χ0v) is 15.7. The van der Waals surface area contributed by atoms with Crippen LogP contribution in [-0.2, 0) is 14.8 Å². The van der Waals surface area contributed by atoms with Gasteiger partial charge in [0.2, 0.25) is 10.0 Å². The zero-order chi connectivity index (χ0) is 18.7. The molecule has 0 radical (unpaired) electrons. The van der Waals surface area contributed by atoms with Crippen molar-refractivity contribution in [3.8, 4) is 0 Å². The fourth-order valence-corrected chi connectivity index (χ4v) is 5.55. The molecule has 2 heterocycles. The van der Waals surface area contributed by atoms with Crippen molar-refractivity contribution in [1.82, 2.24) is 4.31 Å². The molecule has 3 rings (SSSR count). The van der Waals surface area contributed by atoms with E-state index >= 15 is 0 Å². The van der Waals surface area contributed by atoms with Gasteiger partial charge in [0.05, 0.1) is 10.2 Å². The Labute approximate surface area is 153 Å². The Morgan fingerprint density at radius 1 is 1.19 bits per heavy atom. The second-order valence-electron chi connectivity index (χ2n) is 6.93. The van der Waals surface area contributed by atoms with Crippen LogP contribution in [0.3, 0.4) is 0 Å². The van der Waals surface area contributed by atoms with E-state index in [0.29, 0.717) is 44.7 Å². The molecule has 0 spiro atoms. The minimum absolute atomic E-state index is 0.105. The number of rotatable bonds is 5. The summed E-state index contributed by atoms with van der Waals surface area (Å²) in [5, 5.41) is 14.0. The van der Waals surface area contributed by atoms with Gasteiger partial charge in [-0.15, -0.1) is 0 Å². The average molecular weight is 383 g/mol. The van der Waals surface area contributed by atoms with E-state index in [2.05, 4.69) is 5.32 Å². The van der Waals surface area contributed by atoms with E-state index in [0.717, 1.165) is 18.5 Å². The molecular weight excluding hydrogens is 358 g/mol. The van der Waals surface area contributed by atoms with E-state index in [4.69, 9.17) is 4.74 Å². The summed E-state index contributed by atoms with van der Waals surface area (Å²) in [6.45, 7) is 3.75. The number of nitro benzene ring substituents is 1. The van der Waals surface area contributed by atoms with Gasteiger partial charge >= 0.3 is 0 Å². The lowest BCUT2D eigenvalue weighted by molar-refractivity contribution is -0.385. The topological polar surface area (TPSA) is 102 Å². The summed E-state index contributed by atoms with van der Waals surface area (Å²) in [5.74, 6) is 0. The lowest BCUT2D eigenvalue weighted by atomic mass is 10.1. The highest BCUT2D eigenvalue weighted by Gasteiger charge is 2.35. The molecule has 0 aliphatic carbocycles. The number of nitrogens with zero attached hydrogens (tertiary/aromatic N) is 2. The average Bonchev–Trinajstić information content (AvgIpc) is 2.63. The first-order valence-corrected chi connectivity index (χ1v) is 10.5. The van der Waals surface area contributed by atoms with Crippen molar-refractivity contribution in [3.05, 3.63) is 33.9 Å². The van der Waals surface area contributed by atoms with Gasteiger partial charge in [-0.3, -0.25) is 10.1 Å². The number of ether oxygens (including phenoxy) is 1. The van der Waals surface area contributed by atoms with Crippen LogP contribution in [-0.4, -0.2) is 55.2 Å². The molecule has 1 aromatic carbocycles. The number of anilines is 1. The monoisotopic (exact) mass is 383 g/mol. The normalized spacial score (nSPS) is 20.8. The summed E-state index contributed by atoms with van der Waals surface area (Å²) >= 11 is 0. The predicted octanol–water partition coefficient (Wildman–Crippen LogP) is 2.29. The number of nitrogens with one attached hydrogen (secondary N) is 1. The van der Waals surface area contributed by atoms with Crippen molar-refractivity contribution < 1.29 is 18.1 Å². The third kappa shape index (κ3) is 4.16. The van der Waals surface area contributed by atoms with E-state index in [9.17, 15) is 18.5 Å². The molecule has 9 heteroatoms. The van der Waals surface area contributed by atoms with Crippen LogP contribution in [0, 0.1) is 17.0 Å². The third-order valence-corrected chi connectivity index (χ3v) is 7.57. The molecule has 0 saturated carbocycles. The lowest BCUT2D eigenvalue weighted by Gasteiger charge is -2.35. The van der Waals surface area contributed by atoms with Gasteiger partial charge in [0.1, 0.15) is 0 Å². The number of hydrogen-bond acceptors (Lipinski definition) is 6. The Morgan fingerprint density at radius 2 is 1.85 bits per heavy atom. The third-order valence-electron chi connectivity index (χ3n) is 5.17. The molecule has 0 bridgehead atoms. The highest BCUT2D eigenvalue weighted by molar-refractivity contribution is 7.89. The Balaban J connectivity index is 1.57. The molecule has 0 aromatic heterocycles. The van der Waals surface area contributed by atoms with Gasteiger partial charge < -0.3 is 10.1 Å². The zero-order valence-electron chi connectivity index (χ0n) is 14.9. The Bertz CT molecular complexity index is 754. The van der Waals surface area contributed by atoms with Gasteiger partial charge in [-0.25, -0.2) is 12.7 Å². The largest absolute Gasteiger partial charge is 0.382 e. The maximum Gasteiger partial charge on any atom is 0.272 e. The second kappa shape index (κ2) is 7.89. The van der Waals surface area contributed by atoms with E-state index < -0.39 is 14.9 Å². The molecule has 8 nitrogen and oxygen atoms in total. The van der Waals surface area contributed by atoms with Crippen molar-refractivity contribution >= 4 is 21.4 Å². The second-order valence-corrected chi connectivity index (χ2v) is 9.15. The summed E-state index contributed by atoms with van der Waals surface area (Å²) < 4.78 is 32.4. The van der Waals surface area contributed by atoms with E-state index in [1.54, 1.807) is 23.4 Å². The molecule has 1 aromatic rings. The summed E-state index contributed by atoms with van der Waals surface area (Å²) in [6, 6.07) is 5.14. The molecule has 0 unspecified atom stereocenters. The number of piperidine rings is 1. The number of nitro groups is 1. The van der Waals surface area contributed by atoms with Crippen molar-refractivity contribution in [2.75, 3.05) is 31.6 Å². The van der Waals surface area contributed by atoms with E-state index in [-0.39, 0.29) is 17.0 Å². The predicted molar refractivity (Wildman–Crippen MR) is 98.8 cm³/mol. The van der Waals surface area contributed by atoms with E-state index in [1.807, 2.05) is 0 Å². The van der Waals surface area contributed by atoms with Crippen molar-refractivity contribution in [1.29, 1.82) is 0 Å². The molecule has 2 saturated heterocycles. The fourth-order valence-electron chi connectivity index (χ4n) is 3.63. The Morgan fingerprint density at radius 3 is 2.42 bits per heavy atom. The van der Waals surface area contributed by atoms with Crippen LogP contribution in [0.1, 0.15) is 31.2 Å². The number of hydrogen-bond donors (Lipinski definition) is 1. The number of benzene rings is 1. The fraction of sp³-hybridized carbons (Fsp3) is 0.647. The van der Waals surface area contributed by atoms with Crippen LogP contribution in [0.2, 0.25) is 0 Å². The number of sulfonamides is 1. The highest BCUT2D eigenvalue weighted by Crippen LogP contribution is 2.26. The first kappa shape index (κ1) is 19.1. The van der Waals surface area contributed by atoms with Crippen molar-refractivity contribution in [2.24, 2.45) is 0 Å². The van der Waals surface area contributed by atoms with Gasteiger partial charge in [0, 0.05) is 49.7 Å².